The van der Waals surface area contributed by atoms with Crippen molar-refractivity contribution < 1.29 is 9.63 Å². The molecule has 0 spiro atoms. The first-order valence-electron chi connectivity index (χ1n) is 6.02. The quantitative estimate of drug-likeness (QED) is 0.862. The molecule has 2 aromatic rings. The molecule has 1 aromatic heterocycles. The van der Waals surface area contributed by atoms with Gasteiger partial charge in [-0.2, -0.15) is 4.98 Å². The molecule has 102 valence electrons. The van der Waals surface area contributed by atoms with E-state index >= 15 is 0 Å². The molecule has 2 rings (SSSR count). The minimum atomic E-state index is 0.217. The standard InChI is InChI=1S/C13H18N4O2/c1-8-9(13-15-12(6-14)19-16-13)4-5-11(18)10(8)7-17(2)3/h4-5,18H,6-7,14H2,1-3H3. The molecule has 1 heterocycles. The minimum Gasteiger partial charge on any atom is -0.508 e. The Labute approximate surface area is 111 Å². The molecular formula is C13H18N4O2. The van der Waals surface area contributed by atoms with Crippen LogP contribution in [-0.4, -0.2) is 34.2 Å². The van der Waals surface area contributed by atoms with Gasteiger partial charge in [0.05, 0.1) is 6.54 Å². The summed E-state index contributed by atoms with van der Waals surface area (Å²) in [5, 5.41) is 13.9. The van der Waals surface area contributed by atoms with Crippen LogP contribution in [0.2, 0.25) is 0 Å². The Morgan fingerprint density at radius 3 is 2.68 bits per heavy atom. The second kappa shape index (κ2) is 5.38. The fraction of sp³-hybridized carbons (Fsp3) is 0.385. The lowest BCUT2D eigenvalue weighted by atomic mass is 10.0. The third-order valence-electron chi connectivity index (χ3n) is 2.93. The zero-order valence-corrected chi connectivity index (χ0v) is 11.3. The van der Waals surface area contributed by atoms with Crippen molar-refractivity contribution in [3.05, 3.63) is 29.2 Å². The first-order chi connectivity index (χ1) is 9.02. The van der Waals surface area contributed by atoms with Gasteiger partial charge in [0, 0.05) is 17.7 Å². The van der Waals surface area contributed by atoms with E-state index in [0.29, 0.717) is 18.3 Å². The summed E-state index contributed by atoms with van der Waals surface area (Å²) in [5.41, 5.74) is 8.11. The van der Waals surface area contributed by atoms with Crippen LogP contribution < -0.4 is 5.73 Å². The van der Waals surface area contributed by atoms with Crippen molar-refractivity contribution in [2.24, 2.45) is 5.73 Å². The molecule has 0 fully saturated rings. The van der Waals surface area contributed by atoms with Gasteiger partial charge in [-0.25, -0.2) is 0 Å². The van der Waals surface area contributed by atoms with Crippen LogP contribution in [0.1, 0.15) is 17.0 Å². The maximum Gasteiger partial charge on any atom is 0.240 e. The fourth-order valence-corrected chi connectivity index (χ4v) is 1.95. The Kier molecular flexibility index (Phi) is 3.82. The van der Waals surface area contributed by atoms with Gasteiger partial charge in [0.2, 0.25) is 11.7 Å². The number of hydrogen-bond acceptors (Lipinski definition) is 6. The van der Waals surface area contributed by atoms with Crippen molar-refractivity contribution in [3.8, 4) is 17.1 Å². The number of phenols is 1. The Morgan fingerprint density at radius 2 is 2.11 bits per heavy atom. The van der Waals surface area contributed by atoms with Gasteiger partial charge in [-0.15, -0.1) is 0 Å². The molecule has 3 N–H and O–H groups in total. The smallest absolute Gasteiger partial charge is 0.240 e. The molecule has 0 aliphatic heterocycles. The number of benzene rings is 1. The van der Waals surface area contributed by atoms with Crippen molar-refractivity contribution in [3.63, 3.8) is 0 Å². The number of aromatic hydroxyl groups is 1. The third kappa shape index (κ3) is 2.74. The summed E-state index contributed by atoms with van der Waals surface area (Å²) in [6.45, 7) is 2.80. The molecule has 0 unspecified atom stereocenters. The number of rotatable bonds is 4. The summed E-state index contributed by atoms with van der Waals surface area (Å²) in [6, 6.07) is 3.44. The van der Waals surface area contributed by atoms with Crippen LogP contribution in [0.4, 0.5) is 0 Å². The Hall–Kier alpha value is -1.92. The highest BCUT2D eigenvalue weighted by atomic mass is 16.5. The van der Waals surface area contributed by atoms with Gasteiger partial charge in [0.25, 0.3) is 0 Å². The van der Waals surface area contributed by atoms with E-state index in [1.54, 1.807) is 12.1 Å². The normalized spacial score (nSPS) is 11.2. The monoisotopic (exact) mass is 262 g/mol. The molecule has 0 saturated carbocycles. The summed E-state index contributed by atoms with van der Waals surface area (Å²) >= 11 is 0. The topological polar surface area (TPSA) is 88.4 Å². The van der Waals surface area contributed by atoms with E-state index in [1.165, 1.54) is 0 Å². The number of nitrogens with two attached hydrogens (primary N) is 1. The molecule has 6 heteroatoms. The van der Waals surface area contributed by atoms with E-state index in [0.717, 1.165) is 16.7 Å². The lowest BCUT2D eigenvalue weighted by Gasteiger charge is -2.15. The van der Waals surface area contributed by atoms with E-state index in [1.807, 2.05) is 25.9 Å². The van der Waals surface area contributed by atoms with Gasteiger partial charge in [-0.05, 0) is 38.7 Å². The van der Waals surface area contributed by atoms with Crippen molar-refractivity contribution in [2.45, 2.75) is 20.0 Å². The van der Waals surface area contributed by atoms with Gasteiger partial charge in [-0.1, -0.05) is 5.16 Å². The van der Waals surface area contributed by atoms with Crippen LogP contribution in [-0.2, 0) is 13.1 Å². The first-order valence-corrected chi connectivity index (χ1v) is 6.02. The van der Waals surface area contributed by atoms with E-state index < -0.39 is 0 Å². The molecule has 1 aromatic carbocycles. The average Bonchev–Trinajstić information content (AvgIpc) is 2.83. The zero-order valence-electron chi connectivity index (χ0n) is 11.3. The summed E-state index contributed by atoms with van der Waals surface area (Å²) in [6.07, 6.45) is 0. The van der Waals surface area contributed by atoms with E-state index in [9.17, 15) is 5.11 Å². The summed E-state index contributed by atoms with van der Waals surface area (Å²) in [4.78, 5) is 6.21. The number of hydrogen-bond donors (Lipinski definition) is 2. The average molecular weight is 262 g/mol. The Bertz CT molecular complexity index is 578. The summed E-state index contributed by atoms with van der Waals surface area (Å²) in [5.74, 6) is 1.17. The maximum absolute atomic E-state index is 9.95. The molecule has 0 aliphatic carbocycles. The Morgan fingerprint density at radius 1 is 1.37 bits per heavy atom. The van der Waals surface area contributed by atoms with Gasteiger partial charge < -0.3 is 20.3 Å². The largest absolute Gasteiger partial charge is 0.508 e. The van der Waals surface area contributed by atoms with Crippen LogP contribution in [0.5, 0.6) is 5.75 Å². The molecule has 19 heavy (non-hydrogen) atoms. The van der Waals surface area contributed by atoms with Crippen LogP contribution in [0.25, 0.3) is 11.4 Å². The van der Waals surface area contributed by atoms with Crippen LogP contribution >= 0.6 is 0 Å². The molecule has 6 nitrogen and oxygen atoms in total. The molecule has 0 bridgehead atoms. The predicted octanol–water partition coefficient (Wildman–Crippen LogP) is 1.27. The van der Waals surface area contributed by atoms with Crippen molar-refractivity contribution >= 4 is 0 Å². The number of aromatic nitrogens is 2. The third-order valence-corrected chi connectivity index (χ3v) is 2.93. The lowest BCUT2D eigenvalue weighted by Crippen LogP contribution is -2.12. The molecule has 0 radical (unpaired) electrons. The van der Waals surface area contributed by atoms with Gasteiger partial charge in [0.15, 0.2) is 0 Å². The highest BCUT2D eigenvalue weighted by Crippen LogP contribution is 2.30. The SMILES string of the molecule is Cc1c(-c2noc(CN)n2)ccc(O)c1CN(C)C. The molecular weight excluding hydrogens is 244 g/mol. The van der Waals surface area contributed by atoms with Crippen LogP contribution in [0, 0.1) is 6.92 Å². The summed E-state index contributed by atoms with van der Waals surface area (Å²) < 4.78 is 5.02. The van der Waals surface area contributed by atoms with Crippen LogP contribution in [0.3, 0.4) is 0 Å². The van der Waals surface area contributed by atoms with Crippen molar-refractivity contribution in [1.82, 2.24) is 15.0 Å². The van der Waals surface area contributed by atoms with E-state index in [4.69, 9.17) is 10.3 Å². The van der Waals surface area contributed by atoms with Gasteiger partial charge in [-0.3, -0.25) is 0 Å². The van der Waals surface area contributed by atoms with Gasteiger partial charge >= 0.3 is 0 Å². The molecule has 0 amide bonds. The number of nitrogens with zero attached hydrogens (tertiary/aromatic N) is 3. The van der Waals surface area contributed by atoms with Gasteiger partial charge in [0.1, 0.15) is 5.75 Å². The van der Waals surface area contributed by atoms with E-state index in [-0.39, 0.29) is 12.3 Å². The van der Waals surface area contributed by atoms with E-state index in [2.05, 4.69) is 10.1 Å². The first kappa shape index (κ1) is 13.5. The zero-order chi connectivity index (χ0) is 14.0. The highest BCUT2D eigenvalue weighted by molar-refractivity contribution is 5.64. The molecule has 0 saturated heterocycles. The van der Waals surface area contributed by atoms with Crippen molar-refractivity contribution in [1.29, 1.82) is 0 Å². The van der Waals surface area contributed by atoms with Crippen LogP contribution in [0.15, 0.2) is 16.7 Å². The predicted molar refractivity (Wildman–Crippen MR) is 71.4 cm³/mol. The second-order valence-corrected chi connectivity index (χ2v) is 4.69. The Balaban J connectivity index is 2.46. The molecule has 0 atom stereocenters. The molecule has 0 aliphatic rings. The second-order valence-electron chi connectivity index (χ2n) is 4.69. The highest BCUT2D eigenvalue weighted by Gasteiger charge is 2.15. The number of phenolic OH excluding ortho intramolecular Hbond substituents is 1. The summed E-state index contributed by atoms with van der Waals surface area (Å²) in [7, 11) is 3.90. The lowest BCUT2D eigenvalue weighted by molar-refractivity contribution is 0.380. The minimum absolute atomic E-state index is 0.217. The van der Waals surface area contributed by atoms with Crippen molar-refractivity contribution in [2.75, 3.05) is 14.1 Å². The maximum atomic E-state index is 9.95. The fourth-order valence-electron chi connectivity index (χ4n) is 1.95.